The molecular formula is C10H14FNO. The Bertz CT molecular complexity index is 299. The number of benzene rings is 1. The Morgan fingerprint density at radius 3 is 2.62 bits per heavy atom. The lowest BCUT2D eigenvalue weighted by Crippen LogP contribution is -2.24. The summed E-state index contributed by atoms with van der Waals surface area (Å²) in [5.74, 6) is -0.323. The van der Waals surface area contributed by atoms with E-state index in [2.05, 4.69) is 0 Å². The molecule has 1 rings (SSSR count). The van der Waals surface area contributed by atoms with Gasteiger partial charge >= 0.3 is 0 Å². The second-order valence-electron chi connectivity index (χ2n) is 3.24. The van der Waals surface area contributed by atoms with Crippen LogP contribution in [0.4, 0.5) is 4.39 Å². The zero-order valence-electron chi connectivity index (χ0n) is 7.79. The summed E-state index contributed by atoms with van der Waals surface area (Å²) in [5, 5.41) is 9.20. The summed E-state index contributed by atoms with van der Waals surface area (Å²) < 4.78 is 13.4. The fourth-order valence-electron chi connectivity index (χ4n) is 1.19. The number of hydrogen-bond donors (Lipinski definition) is 2. The van der Waals surface area contributed by atoms with Crippen molar-refractivity contribution in [1.29, 1.82) is 0 Å². The summed E-state index contributed by atoms with van der Waals surface area (Å²) in [4.78, 5) is 0. The molecule has 0 aliphatic rings. The normalized spacial score (nSPS) is 15.5. The first-order chi connectivity index (χ1) is 6.04. The number of aryl methyl sites for hydroxylation is 1. The molecule has 0 aromatic heterocycles. The van der Waals surface area contributed by atoms with Crippen molar-refractivity contribution in [3.63, 3.8) is 0 Å². The van der Waals surface area contributed by atoms with Crippen molar-refractivity contribution in [3.8, 4) is 0 Å². The van der Waals surface area contributed by atoms with Crippen molar-refractivity contribution in [2.24, 2.45) is 5.73 Å². The van der Waals surface area contributed by atoms with Gasteiger partial charge in [0, 0.05) is 5.56 Å². The van der Waals surface area contributed by atoms with Crippen LogP contribution in [-0.4, -0.2) is 11.2 Å². The predicted octanol–water partition coefficient (Wildman–Crippen LogP) is 1.51. The Morgan fingerprint density at radius 1 is 1.46 bits per heavy atom. The molecule has 0 unspecified atom stereocenters. The van der Waals surface area contributed by atoms with Crippen molar-refractivity contribution in [2.75, 3.05) is 0 Å². The maximum atomic E-state index is 13.4. The first kappa shape index (κ1) is 10.2. The summed E-state index contributed by atoms with van der Waals surface area (Å²) in [6.07, 6.45) is -0.740. The quantitative estimate of drug-likeness (QED) is 0.730. The van der Waals surface area contributed by atoms with Gasteiger partial charge in [-0.3, -0.25) is 0 Å². The molecule has 0 saturated carbocycles. The summed E-state index contributed by atoms with van der Waals surface area (Å²) in [5.41, 5.74) is 6.54. The van der Waals surface area contributed by atoms with Crippen LogP contribution in [-0.2, 0) is 0 Å². The van der Waals surface area contributed by atoms with Gasteiger partial charge < -0.3 is 10.8 Å². The van der Waals surface area contributed by atoms with Crippen LogP contribution < -0.4 is 5.73 Å². The Morgan fingerprint density at radius 2 is 2.08 bits per heavy atom. The molecule has 1 aromatic rings. The molecular weight excluding hydrogens is 169 g/mol. The van der Waals surface area contributed by atoms with Crippen molar-refractivity contribution in [2.45, 2.75) is 26.0 Å². The van der Waals surface area contributed by atoms with Gasteiger partial charge in [-0.05, 0) is 19.4 Å². The first-order valence-electron chi connectivity index (χ1n) is 4.22. The average molecular weight is 183 g/mol. The summed E-state index contributed by atoms with van der Waals surface area (Å²) in [7, 11) is 0. The van der Waals surface area contributed by atoms with Crippen LogP contribution >= 0.6 is 0 Å². The molecule has 1 aromatic carbocycles. The number of aliphatic hydroxyl groups is 1. The zero-order chi connectivity index (χ0) is 10.0. The van der Waals surface area contributed by atoms with Gasteiger partial charge in [0.25, 0.3) is 0 Å². The Hall–Kier alpha value is -0.930. The summed E-state index contributed by atoms with van der Waals surface area (Å²) >= 11 is 0. The van der Waals surface area contributed by atoms with E-state index in [0.29, 0.717) is 11.1 Å². The molecule has 0 spiro atoms. The van der Waals surface area contributed by atoms with Crippen LogP contribution in [0.1, 0.15) is 24.1 Å². The molecule has 2 atom stereocenters. The van der Waals surface area contributed by atoms with E-state index >= 15 is 0 Å². The molecule has 72 valence electrons. The maximum absolute atomic E-state index is 13.4. The fourth-order valence-corrected chi connectivity index (χ4v) is 1.19. The van der Waals surface area contributed by atoms with E-state index in [1.807, 2.05) is 0 Å². The summed E-state index contributed by atoms with van der Waals surface area (Å²) in [6, 6.07) is 4.35. The molecule has 0 amide bonds. The topological polar surface area (TPSA) is 46.2 Å². The number of halogens is 1. The van der Waals surface area contributed by atoms with Crippen LogP contribution in [0.5, 0.6) is 0 Å². The van der Waals surface area contributed by atoms with Gasteiger partial charge in [0.05, 0.1) is 12.1 Å². The smallest absolute Gasteiger partial charge is 0.130 e. The number of aliphatic hydroxyl groups excluding tert-OH is 1. The standard InChI is InChI=1S/C10H14FNO/c1-6-4-3-5-8(9(6)11)10(12)7(2)13/h3-5,7,10,13H,12H2,1-2H3/t7-,10-/m0/s1. The van der Waals surface area contributed by atoms with E-state index in [4.69, 9.17) is 5.73 Å². The molecule has 3 N–H and O–H groups in total. The molecule has 0 heterocycles. The van der Waals surface area contributed by atoms with Crippen molar-refractivity contribution in [3.05, 3.63) is 35.1 Å². The van der Waals surface area contributed by atoms with Crippen LogP contribution in [0.25, 0.3) is 0 Å². The highest BCUT2D eigenvalue weighted by atomic mass is 19.1. The third kappa shape index (κ3) is 2.05. The van der Waals surface area contributed by atoms with Gasteiger partial charge in [-0.25, -0.2) is 4.39 Å². The van der Waals surface area contributed by atoms with E-state index in [-0.39, 0.29) is 5.82 Å². The Labute approximate surface area is 77.2 Å². The van der Waals surface area contributed by atoms with Crippen molar-refractivity contribution in [1.82, 2.24) is 0 Å². The Kier molecular flexibility index (Phi) is 3.01. The monoisotopic (exact) mass is 183 g/mol. The van der Waals surface area contributed by atoms with Crippen LogP contribution in [0.3, 0.4) is 0 Å². The number of nitrogens with two attached hydrogens (primary N) is 1. The lowest BCUT2D eigenvalue weighted by atomic mass is 10.0. The molecule has 3 heteroatoms. The van der Waals surface area contributed by atoms with Crippen LogP contribution in [0, 0.1) is 12.7 Å². The molecule has 0 radical (unpaired) electrons. The van der Waals surface area contributed by atoms with E-state index in [0.717, 1.165) is 0 Å². The van der Waals surface area contributed by atoms with Gasteiger partial charge in [-0.1, -0.05) is 18.2 Å². The van der Waals surface area contributed by atoms with Crippen LogP contribution in [0.15, 0.2) is 18.2 Å². The molecule has 0 fully saturated rings. The molecule has 13 heavy (non-hydrogen) atoms. The minimum Gasteiger partial charge on any atom is -0.391 e. The number of hydrogen-bond acceptors (Lipinski definition) is 2. The fraction of sp³-hybridized carbons (Fsp3) is 0.400. The average Bonchev–Trinajstić information content (AvgIpc) is 2.08. The van der Waals surface area contributed by atoms with E-state index in [1.54, 1.807) is 32.0 Å². The minimum atomic E-state index is -0.740. The zero-order valence-corrected chi connectivity index (χ0v) is 7.79. The second-order valence-corrected chi connectivity index (χ2v) is 3.24. The van der Waals surface area contributed by atoms with Crippen molar-refractivity contribution < 1.29 is 9.50 Å². The highest BCUT2D eigenvalue weighted by molar-refractivity contribution is 5.27. The minimum absolute atomic E-state index is 0.323. The van der Waals surface area contributed by atoms with E-state index in [1.165, 1.54) is 0 Å². The van der Waals surface area contributed by atoms with Gasteiger partial charge in [-0.15, -0.1) is 0 Å². The number of rotatable bonds is 2. The van der Waals surface area contributed by atoms with Gasteiger partial charge in [-0.2, -0.15) is 0 Å². The highest BCUT2D eigenvalue weighted by Crippen LogP contribution is 2.20. The lowest BCUT2D eigenvalue weighted by Gasteiger charge is -2.16. The molecule has 0 bridgehead atoms. The SMILES string of the molecule is Cc1cccc([C@@H](N)[C@H](C)O)c1F. The van der Waals surface area contributed by atoms with E-state index in [9.17, 15) is 9.50 Å². The first-order valence-corrected chi connectivity index (χ1v) is 4.22. The largest absolute Gasteiger partial charge is 0.391 e. The Balaban J connectivity index is 3.07. The molecule has 0 saturated heterocycles. The molecule has 2 nitrogen and oxygen atoms in total. The third-order valence-corrected chi connectivity index (χ3v) is 2.10. The van der Waals surface area contributed by atoms with Gasteiger partial charge in [0.2, 0.25) is 0 Å². The highest BCUT2D eigenvalue weighted by Gasteiger charge is 2.16. The van der Waals surface area contributed by atoms with Gasteiger partial charge in [0.15, 0.2) is 0 Å². The van der Waals surface area contributed by atoms with Gasteiger partial charge in [0.1, 0.15) is 5.82 Å². The second kappa shape index (κ2) is 3.85. The predicted molar refractivity (Wildman–Crippen MR) is 49.7 cm³/mol. The van der Waals surface area contributed by atoms with E-state index < -0.39 is 12.1 Å². The van der Waals surface area contributed by atoms with Crippen LogP contribution in [0.2, 0.25) is 0 Å². The maximum Gasteiger partial charge on any atom is 0.130 e. The molecule has 0 aliphatic carbocycles. The summed E-state index contributed by atoms with van der Waals surface area (Å²) in [6.45, 7) is 3.22. The molecule has 0 aliphatic heterocycles. The van der Waals surface area contributed by atoms with Crippen molar-refractivity contribution >= 4 is 0 Å². The third-order valence-electron chi connectivity index (χ3n) is 2.10. The lowest BCUT2D eigenvalue weighted by molar-refractivity contribution is 0.162.